The highest BCUT2D eigenvalue weighted by Crippen LogP contribution is 2.10. The number of carbonyl (C=O) groups is 1. The minimum Gasteiger partial charge on any atom is -0.347 e. The van der Waals surface area contributed by atoms with Crippen molar-refractivity contribution in [2.45, 2.75) is 13.8 Å². The van der Waals surface area contributed by atoms with Crippen LogP contribution < -0.4 is 5.32 Å². The summed E-state index contributed by atoms with van der Waals surface area (Å²) in [6.07, 6.45) is 0. The fourth-order valence-electron chi connectivity index (χ4n) is 1.12. The number of amides is 1. The van der Waals surface area contributed by atoms with Crippen LogP contribution in [0.15, 0.2) is 16.1 Å². The predicted molar refractivity (Wildman–Crippen MR) is 44.7 cm³/mol. The van der Waals surface area contributed by atoms with E-state index >= 15 is 0 Å². The summed E-state index contributed by atoms with van der Waals surface area (Å²) in [6.45, 7) is 4.61. The van der Waals surface area contributed by atoms with Gasteiger partial charge in [0.15, 0.2) is 0 Å². The summed E-state index contributed by atoms with van der Waals surface area (Å²) in [6, 6.07) is 0. The lowest BCUT2D eigenvalue weighted by atomic mass is 10.1. The van der Waals surface area contributed by atoms with Crippen molar-refractivity contribution in [3.8, 4) is 0 Å². The molecule has 1 aliphatic heterocycles. The molecule has 1 N–H and O–H groups in total. The number of nitrogens with zero attached hydrogens (tertiary/aromatic N) is 1. The Labute approximate surface area is 66.2 Å². The van der Waals surface area contributed by atoms with Crippen molar-refractivity contribution in [1.29, 1.82) is 0 Å². The molecule has 0 aromatic carbocycles. The van der Waals surface area contributed by atoms with E-state index in [9.17, 15) is 4.79 Å². The molecule has 0 aromatic rings. The average Bonchev–Trinajstić information content (AvgIpc) is 2.30. The van der Waals surface area contributed by atoms with E-state index < -0.39 is 0 Å². The van der Waals surface area contributed by atoms with Crippen LogP contribution in [0.25, 0.3) is 0 Å². The largest absolute Gasteiger partial charge is 0.347 e. The molecule has 0 bridgehead atoms. The van der Waals surface area contributed by atoms with Gasteiger partial charge in [0.2, 0.25) is 0 Å². The number of allylic oxidation sites excluding steroid dienone is 1. The van der Waals surface area contributed by atoms with E-state index in [-0.39, 0.29) is 5.91 Å². The Morgan fingerprint density at radius 3 is 2.55 bits per heavy atom. The average molecular weight is 152 g/mol. The molecule has 60 valence electrons. The van der Waals surface area contributed by atoms with Gasteiger partial charge in [-0.1, -0.05) is 5.57 Å². The highest BCUT2D eigenvalue weighted by Gasteiger charge is 2.23. The highest BCUT2D eigenvalue weighted by molar-refractivity contribution is 6.47. The van der Waals surface area contributed by atoms with E-state index in [0.29, 0.717) is 12.3 Å². The second-order valence-electron chi connectivity index (χ2n) is 2.73. The molecular weight excluding hydrogens is 140 g/mol. The first-order valence-electron chi connectivity index (χ1n) is 3.58. The van der Waals surface area contributed by atoms with E-state index in [4.69, 9.17) is 0 Å². The number of carbonyl (C=O) groups excluding carboxylic acids is 1. The first kappa shape index (κ1) is 7.98. The molecule has 0 aliphatic carbocycles. The van der Waals surface area contributed by atoms with Gasteiger partial charge in [-0.2, -0.15) is 0 Å². The van der Waals surface area contributed by atoms with Crippen molar-refractivity contribution < 1.29 is 4.79 Å². The summed E-state index contributed by atoms with van der Waals surface area (Å²) >= 11 is 0. The van der Waals surface area contributed by atoms with Gasteiger partial charge in [0.1, 0.15) is 5.71 Å². The zero-order valence-electron chi connectivity index (χ0n) is 7.06. The Balaban J connectivity index is 3.06. The van der Waals surface area contributed by atoms with Crippen molar-refractivity contribution in [3.05, 3.63) is 11.1 Å². The zero-order valence-corrected chi connectivity index (χ0v) is 7.06. The first-order chi connectivity index (χ1) is 5.16. The van der Waals surface area contributed by atoms with E-state index in [1.807, 2.05) is 13.8 Å². The van der Waals surface area contributed by atoms with Gasteiger partial charge >= 0.3 is 0 Å². The van der Waals surface area contributed by atoms with Crippen LogP contribution in [-0.4, -0.2) is 25.2 Å². The van der Waals surface area contributed by atoms with Crippen LogP contribution in [0.2, 0.25) is 0 Å². The molecule has 3 nitrogen and oxygen atoms in total. The molecule has 1 heterocycles. The number of rotatable bonds is 0. The maximum atomic E-state index is 11.0. The van der Waals surface area contributed by atoms with Crippen molar-refractivity contribution >= 4 is 11.6 Å². The minimum atomic E-state index is -0.0521. The van der Waals surface area contributed by atoms with E-state index in [1.165, 1.54) is 0 Å². The van der Waals surface area contributed by atoms with Crippen molar-refractivity contribution in [1.82, 2.24) is 5.32 Å². The molecule has 1 amide bonds. The summed E-state index contributed by atoms with van der Waals surface area (Å²) in [5, 5.41) is 2.72. The van der Waals surface area contributed by atoms with E-state index in [2.05, 4.69) is 10.3 Å². The molecule has 0 unspecified atom stereocenters. The molecule has 1 aliphatic rings. The van der Waals surface area contributed by atoms with E-state index in [0.717, 1.165) is 11.1 Å². The van der Waals surface area contributed by atoms with Crippen LogP contribution in [0.1, 0.15) is 13.8 Å². The monoisotopic (exact) mass is 152 g/mol. The highest BCUT2D eigenvalue weighted by atomic mass is 16.2. The van der Waals surface area contributed by atoms with Gasteiger partial charge in [-0.3, -0.25) is 9.79 Å². The zero-order chi connectivity index (χ0) is 8.43. The van der Waals surface area contributed by atoms with Crippen molar-refractivity contribution in [2.24, 2.45) is 4.99 Å². The van der Waals surface area contributed by atoms with Crippen LogP contribution in [0, 0.1) is 0 Å². The number of hydrogen-bond donors (Lipinski definition) is 1. The first-order valence-corrected chi connectivity index (χ1v) is 3.58. The third-order valence-corrected chi connectivity index (χ3v) is 1.75. The molecule has 1 saturated heterocycles. The van der Waals surface area contributed by atoms with Crippen LogP contribution in [0.4, 0.5) is 0 Å². The predicted octanol–water partition coefficient (Wildman–Crippen LogP) is 0.523. The summed E-state index contributed by atoms with van der Waals surface area (Å²) in [4.78, 5) is 15.0. The molecule has 0 saturated carbocycles. The minimum absolute atomic E-state index is 0.0521. The summed E-state index contributed by atoms with van der Waals surface area (Å²) in [5.41, 5.74) is 2.78. The second kappa shape index (κ2) is 2.86. The maximum absolute atomic E-state index is 11.0. The Kier molecular flexibility index (Phi) is 2.08. The van der Waals surface area contributed by atoms with Crippen LogP contribution in [0.5, 0.6) is 0 Å². The van der Waals surface area contributed by atoms with Gasteiger partial charge in [0.25, 0.3) is 5.91 Å². The normalized spacial score (nSPS) is 20.8. The molecule has 0 atom stereocenters. The second-order valence-corrected chi connectivity index (χ2v) is 2.73. The Morgan fingerprint density at radius 1 is 1.55 bits per heavy atom. The van der Waals surface area contributed by atoms with Gasteiger partial charge in [0, 0.05) is 19.2 Å². The molecule has 1 rings (SSSR count). The lowest BCUT2D eigenvalue weighted by Crippen LogP contribution is -2.18. The third kappa shape index (κ3) is 1.31. The van der Waals surface area contributed by atoms with Crippen LogP contribution in [-0.2, 0) is 4.79 Å². The van der Waals surface area contributed by atoms with Crippen LogP contribution >= 0.6 is 0 Å². The van der Waals surface area contributed by atoms with Gasteiger partial charge < -0.3 is 5.32 Å². The summed E-state index contributed by atoms with van der Waals surface area (Å²) in [7, 11) is 1.64. The van der Waals surface area contributed by atoms with Crippen LogP contribution in [0.3, 0.4) is 0 Å². The molecule has 11 heavy (non-hydrogen) atoms. The summed E-state index contributed by atoms with van der Waals surface area (Å²) in [5.74, 6) is -0.0521. The maximum Gasteiger partial charge on any atom is 0.270 e. The Hall–Kier alpha value is -1.12. The standard InChI is InChI=1S/C8H12N2O/c1-5(2)6-4-10-8(11)7(6)9-3/h4H2,1-3H3,(H,10,11). The molecule has 0 spiro atoms. The van der Waals surface area contributed by atoms with Gasteiger partial charge in [0.05, 0.1) is 0 Å². The molecule has 0 radical (unpaired) electrons. The molecule has 1 fully saturated rings. The fraction of sp³-hybridized carbons (Fsp3) is 0.500. The van der Waals surface area contributed by atoms with Gasteiger partial charge in [-0.15, -0.1) is 0 Å². The fourth-order valence-corrected chi connectivity index (χ4v) is 1.12. The third-order valence-electron chi connectivity index (χ3n) is 1.75. The molecular formula is C8H12N2O. The van der Waals surface area contributed by atoms with Crippen molar-refractivity contribution in [2.75, 3.05) is 13.6 Å². The SMILES string of the molecule is CN=C1C(=O)NCC1=C(C)C. The topological polar surface area (TPSA) is 41.5 Å². The smallest absolute Gasteiger partial charge is 0.270 e. The molecule has 0 aromatic heterocycles. The molecule has 3 heteroatoms. The van der Waals surface area contributed by atoms with Crippen molar-refractivity contribution in [3.63, 3.8) is 0 Å². The van der Waals surface area contributed by atoms with E-state index in [1.54, 1.807) is 7.05 Å². The lowest BCUT2D eigenvalue weighted by Gasteiger charge is -1.96. The number of nitrogens with one attached hydrogen (secondary N) is 1. The quantitative estimate of drug-likeness (QED) is 0.540. The van der Waals surface area contributed by atoms with Gasteiger partial charge in [-0.25, -0.2) is 0 Å². The number of aliphatic imine (C=N–C) groups is 1. The van der Waals surface area contributed by atoms with Gasteiger partial charge in [-0.05, 0) is 13.8 Å². The number of hydrogen-bond acceptors (Lipinski definition) is 2. The Bertz CT molecular complexity index is 247. The summed E-state index contributed by atoms with van der Waals surface area (Å²) < 4.78 is 0. The Morgan fingerprint density at radius 2 is 2.18 bits per heavy atom. The lowest BCUT2D eigenvalue weighted by molar-refractivity contribution is -0.113.